The Balaban J connectivity index is 1.35. The van der Waals surface area contributed by atoms with Crippen molar-refractivity contribution >= 4 is 29.2 Å². The number of likely N-dealkylation sites (tertiary alicyclic amines) is 1. The molecule has 0 bridgehead atoms. The largest absolute Gasteiger partial charge is 0.486 e. The molecule has 5 rings (SSSR count). The van der Waals surface area contributed by atoms with Crippen LogP contribution in [0.3, 0.4) is 0 Å². The Labute approximate surface area is 217 Å². The Bertz CT molecular complexity index is 1480. The first-order valence-electron chi connectivity index (χ1n) is 12.2. The molecule has 2 aliphatic rings. The average molecular weight is 523 g/mol. The number of carbonyl (C=O) groups excluding carboxylic acids is 4. The summed E-state index contributed by atoms with van der Waals surface area (Å²) in [5, 5.41) is 9.28. The van der Waals surface area contributed by atoms with Gasteiger partial charge in [-0.2, -0.15) is 5.10 Å². The predicted molar refractivity (Wildman–Crippen MR) is 132 cm³/mol. The Morgan fingerprint density at radius 3 is 2.71 bits per heavy atom. The van der Waals surface area contributed by atoms with Crippen molar-refractivity contribution in [1.29, 1.82) is 0 Å². The van der Waals surface area contributed by atoms with Crippen molar-refractivity contribution in [1.82, 2.24) is 30.1 Å². The van der Waals surface area contributed by atoms with Crippen LogP contribution in [0.15, 0.2) is 30.5 Å². The van der Waals surface area contributed by atoms with Gasteiger partial charge < -0.3 is 20.3 Å². The number of halogens is 1. The van der Waals surface area contributed by atoms with Crippen LogP contribution < -0.4 is 15.4 Å². The van der Waals surface area contributed by atoms with Crippen LogP contribution in [0.25, 0.3) is 5.65 Å². The third-order valence-electron chi connectivity index (χ3n) is 6.57. The summed E-state index contributed by atoms with van der Waals surface area (Å²) < 4.78 is 20.8. The third-order valence-corrected chi connectivity index (χ3v) is 6.57. The summed E-state index contributed by atoms with van der Waals surface area (Å²) in [7, 11) is 0. The van der Waals surface area contributed by atoms with E-state index in [2.05, 4.69) is 20.7 Å². The number of carbonyl (C=O) groups is 4. The number of Topliss-reactive ketones (excluding diaryl/α,β-unsaturated/α-hetero) is 1. The van der Waals surface area contributed by atoms with Gasteiger partial charge in [-0.25, -0.2) is 13.9 Å². The second kappa shape index (κ2) is 9.51. The molecule has 3 amide bonds. The summed E-state index contributed by atoms with van der Waals surface area (Å²) in [5.74, 6) is -1.73. The van der Waals surface area contributed by atoms with Crippen molar-refractivity contribution in [3.63, 3.8) is 0 Å². The van der Waals surface area contributed by atoms with Crippen LogP contribution in [0, 0.1) is 5.82 Å². The number of rotatable bonds is 5. The molecule has 198 valence electrons. The summed E-state index contributed by atoms with van der Waals surface area (Å²) in [6, 6.07) is 5.74. The molecule has 12 heteroatoms. The van der Waals surface area contributed by atoms with E-state index in [9.17, 15) is 23.6 Å². The zero-order valence-corrected chi connectivity index (χ0v) is 21.2. The standard InChI is InChI=1S/C26H27FN6O5/c1-26(2,3)32-7-6-18(25(32)37)31-24(36)20-10-19(30-22-17(27)12-29-33(20)22)23(35)28-11-14-4-5-21-15(8-14)9-16(34)13-38-21/h4-5,8,10,12,18H,6-7,9,11,13H2,1-3H3,(H,28,35)(H,31,36)/t18-/m0/s1. The number of ketones is 1. The molecule has 38 heavy (non-hydrogen) atoms. The zero-order valence-electron chi connectivity index (χ0n) is 21.2. The number of ether oxygens (including phenoxy) is 1. The van der Waals surface area contributed by atoms with Crippen molar-refractivity contribution in [3.8, 4) is 5.75 Å². The predicted octanol–water partition coefficient (Wildman–Crippen LogP) is 1.43. The highest BCUT2D eigenvalue weighted by Crippen LogP contribution is 2.25. The number of hydrogen-bond acceptors (Lipinski definition) is 7. The minimum absolute atomic E-state index is 0.0322. The molecule has 2 aliphatic heterocycles. The van der Waals surface area contributed by atoms with Crippen molar-refractivity contribution in [2.75, 3.05) is 13.2 Å². The minimum Gasteiger partial charge on any atom is -0.486 e. The molecule has 11 nitrogen and oxygen atoms in total. The van der Waals surface area contributed by atoms with Crippen LogP contribution in [0.1, 0.15) is 59.3 Å². The van der Waals surface area contributed by atoms with Gasteiger partial charge >= 0.3 is 0 Å². The summed E-state index contributed by atoms with van der Waals surface area (Å²) in [6.45, 7) is 6.38. The summed E-state index contributed by atoms with van der Waals surface area (Å²) in [4.78, 5) is 56.4. The lowest BCUT2D eigenvalue weighted by Crippen LogP contribution is -2.48. The van der Waals surface area contributed by atoms with Crippen molar-refractivity contribution in [2.45, 2.75) is 51.7 Å². The van der Waals surface area contributed by atoms with Crippen molar-refractivity contribution < 1.29 is 28.3 Å². The zero-order chi connectivity index (χ0) is 27.2. The topological polar surface area (TPSA) is 135 Å². The third kappa shape index (κ3) is 4.81. The molecule has 1 atom stereocenters. The maximum absolute atomic E-state index is 14.4. The molecule has 2 N–H and O–H groups in total. The van der Waals surface area contributed by atoms with Gasteiger partial charge in [0.25, 0.3) is 11.8 Å². The van der Waals surface area contributed by atoms with Crippen molar-refractivity contribution in [3.05, 3.63) is 58.8 Å². The van der Waals surface area contributed by atoms with Crippen LogP contribution in [-0.4, -0.2) is 67.7 Å². The molecule has 1 fully saturated rings. The maximum Gasteiger partial charge on any atom is 0.270 e. The quantitative estimate of drug-likeness (QED) is 0.518. The normalized spacial score (nSPS) is 17.4. The number of benzene rings is 1. The Hall–Kier alpha value is -4.35. The molecule has 4 heterocycles. The molecule has 2 aromatic heterocycles. The Morgan fingerprint density at radius 2 is 1.97 bits per heavy atom. The Morgan fingerprint density at radius 1 is 1.18 bits per heavy atom. The molecule has 0 spiro atoms. The van der Waals surface area contributed by atoms with Crippen LogP contribution in [0.4, 0.5) is 4.39 Å². The first kappa shape index (κ1) is 25.3. The van der Waals surface area contributed by atoms with Gasteiger partial charge in [0.05, 0.1) is 6.20 Å². The van der Waals surface area contributed by atoms with Gasteiger partial charge in [0.1, 0.15) is 29.8 Å². The average Bonchev–Trinajstić information content (AvgIpc) is 3.43. The monoisotopic (exact) mass is 522 g/mol. The minimum atomic E-state index is -0.802. The van der Waals surface area contributed by atoms with E-state index in [1.165, 1.54) is 6.07 Å². The number of nitrogens with zero attached hydrogens (tertiary/aromatic N) is 4. The number of nitrogens with one attached hydrogen (secondary N) is 2. The highest BCUT2D eigenvalue weighted by atomic mass is 19.1. The molecule has 0 radical (unpaired) electrons. The lowest BCUT2D eigenvalue weighted by atomic mass is 10.0. The van der Waals surface area contributed by atoms with Crippen LogP contribution in [0.2, 0.25) is 0 Å². The number of amides is 3. The molecular formula is C26H27FN6O5. The van der Waals surface area contributed by atoms with Crippen molar-refractivity contribution in [2.24, 2.45) is 0 Å². The number of hydrogen-bond donors (Lipinski definition) is 2. The van der Waals surface area contributed by atoms with Gasteiger partial charge in [0, 0.05) is 36.7 Å². The van der Waals surface area contributed by atoms with E-state index >= 15 is 0 Å². The van der Waals surface area contributed by atoms with Gasteiger partial charge in [0.2, 0.25) is 5.91 Å². The molecule has 1 aromatic carbocycles. The second-order valence-electron chi connectivity index (χ2n) is 10.4. The van der Waals surface area contributed by atoms with E-state index in [0.29, 0.717) is 18.7 Å². The fourth-order valence-corrected chi connectivity index (χ4v) is 4.64. The SMILES string of the molecule is CC(C)(C)N1CC[C@H](NC(=O)c2cc(C(=O)NCc3ccc4c(c3)CC(=O)CO4)nc3c(F)cnn23)C1=O. The second-order valence-corrected chi connectivity index (χ2v) is 10.4. The van der Waals surface area contributed by atoms with Crippen LogP contribution in [-0.2, 0) is 22.6 Å². The fraction of sp³-hybridized carbons (Fsp3) is 0.385. The summed E-state index contributed by atoms with van der Waals surface area (Å²) in [5.41, 5.74) is 0.467. The molecule has 1 saturated heterocycles. The Kier molecular flexibility index (Phi) is 6.33. The first-order valence-corrected chi connectivity index (χ1v) is 12.2. The van der Waals surface area contributed by atoms with E-state index in [1.54, 1.807) is 23.1 Å². The van der Waals surface area contributed by atoms with E-state index in [1.807, 2.05) is 20.8 Å². The lowest BCUT2D eigenvalue weighted by molar-refractivity contribution is -0.133. The number of fused-ring (bicyclic) bond motifs is 2. The van der Waals surface area contributed by atoms with E-state index in [-0.39, 0.29) is 48.3 Å². The van der Waals surface area contributed by atoms with E-state index < -0.39 is 29.2 Å². The van der Waals surface area contributed by atoms with Gasteiger partial charge in [-0.3, -0.25) is 19.2 Å². The van der Waals surface area contributed by atoms with Crippen LogP contribution in [0.5, 0.6) is 5.75 Å². The highest BCUT2D eigenvalue weighted by Gasteiger charge is 2.38. The maximum atomic E-state index is 14.4. The van der Waals surface area contributed by atoms with E-state index in [4.69, 9.17) is 4.74 Å². The smallest absolute Gasteiger partial charge is 0.270 e. The molecule has 0 saturated carbocycles. The summed E-state index contributed by atoms with van der Waals surface area (Å²) in [6.07, 6.45) is 1.58. The highest BCUT2D eigenvalue weighted by molar-refractivity contribution is 6.00. The lowest BCUT2D eigenvalue weighted by Gasteiger charge is -2.32. The first-order chi connectivity index (χ1) is 18.0. The number of aromatic nitrogens is 3. The summed E-state index contributed by atoms with van der Waals surface area (Å²) >= 11 is 0. The van der Waals surface area contributed by atoms with E-state index in [0.717, 1.165) is 21.8 Å². The van der Waals surface area contributed by atoms with Gasteiger partial charge in [-0.05, 0) is 44.9 Å². The molecular weight excluding hydrogens is 495 g/mol. The van der Waals surface area contributed by atoms with Gasteiger partial charge in [0.15, 0.2) is 17.2 Å². The van der Waals surface area contributed by atoms with Gasteiger partial charge in [-0.1, -0.05) is 6.07 Å². The fourth-order valence-electron chi connectivity index (χ4n) is 4.64. The van der Waals surface area contributed by atoms with Crippen LogP contribution >= 0.6 is 0 Å². The molecule has 3 aromatic rings. The molecule has 0 unspecified atom stereocenters. The molecule has 0 aliphatic carbocycles. The van der Waals surface area contributed by atoms with Gasteiger partial charge in [-0.15, -0.1) is 0 Å².